The summed E-state index contributed by atoms with van der Waals surface area (Å²) in [6.07, 6.45) is 1.69. The van der Waals surface area contributed by atoms with Gasteiger partial charge in [-0.3, -0.25) is 9.03 Å². The third-order valence-corrected chi connectivity index (χ3v) is 6.59. The summed E-state index contributed by atoms with van der Waals surface area (Å²) in [5.74, 6) is -0.486. The van der Waals surface area contributed by atoms with Crippen molar-refractivity contribution in [1.82, 2.24) is 0 Å². The summed E-state index contributed by atoms with van der Waals surface area (Å²) >= 11 is 0. The molecule has 1 aliphatic rings. The molecule has 2 aromatic rings. The van der Waals surface area contributed by atoms with Gasteiger partial charge in [-0.25, -0.2) is 21.2 Å². The number of nitrogens with one attached hydrogen (secondary N) is 1. The Kier molecular flexibility index (Phi) is 4.24. The maximum absolute atomic E-state index is 13.3. The first kappa shape index (κ1) is 17.7. The largest absolute Gasteiger partial charge is 0.280 e. The summed E-state index contributed by atoms with van der Waals surface area (Å²) < 4.78 is 65.6. The zero-order valence-corrected chi connectivity index (χ0v) is 15.3. The predicted molar refractivity (Wildman–Crippen MR) is 94.3 cm³/mol. The number of halogens is 1. The van der Waals surface area contributed by atoms with Crippen LogP contribution in [-0.4, -0.2) is 29.6 Å². The molecule has 3 rings (SSSR count). The van der Waals surface area contributed by atoms with E-state index >= 15 is 0 Å². The molecule has 0 aliphatic carbocycles. The minimum Gasteiger partial charge on any atom is -0.280 e. The van der Waals surface area contributed by atoms with E-state index in [1.165, 1.54) is 29.4 Å². The van der Waals surface area contributed by atoms with Gasteiger partial charge in [-0.05, 0) is 54.8 Å². The number of hydrogen-bond donors (Lipinski definition) is 1. The summed E-state index contributed by atoms with van der Waals surface area (Å²) in [7, 11) is -7.33. The van der Waals surface area contributed by atoms with Crippen molar-refractivity contribution in [3.05, 3.63) is 53.3 Å². The zero-order chi connectivity index (χ0) is 18.4. The molecule has 0 spiro atoms. The average molecular weight is 384 g/mol. The Morgan fingerprint density at radius 1 is 1.08 bits per heavy atom. The molecule has 2 aromatic carbocycles. The number of benzene rings is 2. The van der Waals surface area contributed by atoms with Gasteiger partial charge in [-0.1, -0.05) is 6.07 Å². The van der Waals surface area contributed by atoms with Crippen LogP contribution in [0.2, 0.25) is 0 Å². The summed E-state index contributed by atoms with van der Waals surface area (Å²) in [6.45, 7) is 1.81. The number of hydrogen-bond acceptors (Lipinski definition) is 4. The lowest BCUT2D eigenvalue weighted by atomic mass is 10.1. The normalized spacial score (nSPS) is 14.4. The summed E-state index contributed by atoms with van der Waals surface area (Å²) in [5, 5.41) is 0. The fraction of sp³-hybridized carbons (Fsp3) is 0.250. The van der Waals surface area contributed by atoms with Crippen LogP contribution in [0.4, 0.5) is 15.8 Å². The van der Waals surface area contributed by atoms with Gasteiger partial charge in [0.2, 0.25) is 10.0 Å². The predicted octanol–water partition coefficient (Wildman–Crippen LogP) is 2.26. The number of sulfonamides is 2. The standard InChI is InChI=1S/C16H17FN2O4S2/c1-11-9-14(5-6-15(11)17)25(22,23)18-13-4-3-12-7-8-19(16(12)10-13)24(2,20)21/h3-6,9-10,18H,7-8H2,1-2H3. The lowest BCUT2D eigenvalue weighted by molar-refractivity contribution is 0.596. The van der Waals surface area contributed by atoms with Crippen LogP contribution in [-0.2, 0) is 26.5 Å². The van der Waals surface area contributed by atoms with E-state index in [9.17, 15) is 21.2 Å². The summed E-state index contributed by atoms with van der Waals surface area (Å²) in [5.41, 5.74) is 1.78. The molecular weight excluding hydrogens is 367 g/mol. The molecule has 0 atom stereocenters. The first-order valence-electron chi connectivity index (χ1n) is 7.47. The van der Waals surface area contributed by atoms with Gasteiger partial charge in [-0.15, -0.1) is 0 Å². The van der Waals surface area contributed by atoms with Crippen LogP contribution in [0, 0.1) is 12.7 Å². The first-order chi connectivity index (χ1) is 11.6. The smallest absolute Gasteiger partial charge is 0.261 e. The Bertz CT molecular complexity index is 1050. The van der Waals surface area contributed by atoms with Gasteiger partial charge in [0.15, 0.2) is 0 Å². The van der Waals surface area contributed by atoms with E-state index in [1.807, 2.05) is 0 Å². The molecule has 9 heteroatoms. The van der Waals surface area contributed by atoms with Crippen LogP contribution < -0.4 is 9.03 Å². The van der Waals surface area contributed by atoms with Crippen molar-refractivity contribution in [2.45, 2.75) is 18.2 Å². The van der Waals surface area contributed by atoms with Gasteiger partial charge in [0.05, 0.1) is 22.5 Å². The molecule has 0 aromatic heterocycles. The second-order valence-corrected chi connectivity index (χ2v) is 9.53. The maximum Gasteiger partial charge on any atom is 0.261 e. The molecule has 0 amide bonds. The van der Waals surface area contributed by atoms with Crippen LogP contribution >= 0.6 is 0 Å². The molecule has 0 unspecified atom stereocenters. The molecule has 0 saturated heterocycles. The third-order valence-electron chi connectivity index (χ3n) is 4.03. The second kappa shape index (κ2) is 5.99. The molecule has 1 heterocycles. The number of nitrogens with zero attached hydrogens (tertiary/aromatic N) is 1. The molecule has 1 aliphatic heterocycles. The van der Waals surface area contributed by atoms with Gasteiger partial charge in [0.1, 0.15) is 5.82 Å². The Hall–Kier alpha value is -2.13. The van der Waals surface area contributed by atoms with E-state index in [4.69, 9.17) is 0 Å². The Morgan fingerprint density at radius 2 is 1.80 bits per heavy atom. The fourth-order valence-corrected chi connectivity index (χ4v) is 4.84. The van der Waals surface area contributed by atoms with E-state index in [1.54, 1.807) is 12.1 Å². The highest BCUT2D eigenvalue weighted by Crippen LogP contribution is 2.33. The van der Waals surface area contributed by atoms with Gasteiger partial charge in [-0.2, -0.15) is 0 Å². The van der Waals surface area contributed by atoms with Crippen molar-refractivity contribution in [2.24, 2.45) is 0 Å². The topological polar surface area (TPSA) is 83.6 Å². The Morgan fingerprint density at radius 3 is 2.44 bits per heavy atom. The van der Waals surface area contributed by atoms with E-state index in [2.05, 4.69) is 4.72 Å². The highest BCUT2D eigenvalue weighted by molar-refractivity contribution is 7.92. The van der Waals surface area contributed by atoms with Gasteiger partial charge in [0.25, 0.3) is 10.0 Å². The summed E-state index contributed by atoms with van der Waals surface area (Å²) in [6, 6.07) is 8.30. The SMILES string of the molecule is Cc1cc(S(=O)(=O)Nc2ccc3c(c2)N(S(C)(=O)=O)CC3)ccc1F. The monoisotopic (exact) mass is 384 g/mol. The number of fused-ring (bicyclic) bond motifs is 1. The van der Waals surface area contributed by atoms with Crippen LogP contribution in [0.5, 0.6) is 0 Å². The molecule has 0 fully saturated rings. The van der Waals surface area contributed by atoms with Crippen molar-refractivity contribution in [2.75, 3.05) is 21.8 Å². The number of aryl methyl sites for hydroxylation is 1. The van der Waals surface area contributed by atoms with Gasteiger partial charge >= 0.3 is 0 Å². The average Bonchev–Trinajstić information content (AvgIpc) is 2.92. The zero-order valence-electron chi connectivity index (χ0n) is 13.7. The number of anilines is 2. The third kappa shape index (κ3) is 3.47. The highest BCUT2D eigenvalue weighted by atomic mass is 32.2. The van der Waals surface area contributed by atoms with Gasteiger partial charge in [0, 0.05) is 6.54 Å². The van der Waals surface area contributed by atoms with Crippen LogP contribution in [0.3, 0.4) is 0 Å². The Labute approximate surface area is 146 Å². The number of rotatable bonds is 4. The van der Waals surface area contributed by atoms with Crippen molar-refractivity contribution in [3.8, 4) is 0 Å². The van der Waals surface area contributed by atoms with E-state index in [-0.39, 0.29) is 16.1 Å². The van der Waals surface area contributed by atoms with E-state index in [0.29, 0.717) is 18.7 Å². The lowest BCUT2D eigenvalue weighted by Crippen LogP contribution is -2.27. The van der Waals surface area contributed by atoms with E-state index in [0.717, 1.165) is 17.9 Å². The molecule has 6 nitrogen and oxygen atoms in total. The molecule has 0 bridgehead atoms. The van der Waals surface area contributed by atoms with Crippen molar-refractivity contribution < 1.29 is 21.2 Å². The van der Waals surface area contributed by atoms with Crippen LogP contribution in [0.25, 0.3) is 0 Å². The molecule has 134 valence electrons. The first-order valence-corrected chi connectivity index (χ1v) is 10.8. The quantitative estimate of drug-likeness (QED) is 0.876. The van der Waals surface area contributed by atoms with Crippen molar-refractivity contribution >= 4 is 31.4 Å². The van der Waals surface area contributed by atoms with Crippen molar-refractivity contribution in [3.63, 3.8) is 0 Å². The van der Waals surface area contributed by atoms with Crippen molar-refractivity contribution in [1.29, 1.82) is 0 Å². The molecule has 25 heavy (non-hydrogen) atoms. The molecule has 0 saturated carbocycles. The minimum absolute atomic E-state index is 0.0631. The lowest BCUT2D eigenvalue weighted by Gasteiger charge is -2.17. The highest BCUT2D eigenvalue weighted by Gasteiger charge is 2.27. The molecular formula is C16H17FN2O4S2. The van der Waals surface area contributed by atoms with Crippen LogP contribution in [0.15, 0.2) is 41.3 Å². The maximum atomic E-state index is 13.3. The second-order valence-electron chi connectivity index (χ2n) is 5.95. The van der Waals surface area contributed by atoms with Gasteiger partial charge < -0.3 is 0 Å². The summed E-state index contributed by atoms with van der Waals surface area (Å²) in [4.78, 5) is -0.0631. The van der Waals surface area contributed by atoms with E-state index < -0.39 is 25.9 Å². The molecule has 1 N–H and O–H groups in total. The Balaban J connectivity index is 1.95. The van der Waals surface area contributed by atoms with Crippen LogP contribution in [0.1, 0.15) is 11.1 Å². The molecule has 0 radical (unpaired) electrons. The minimum atomic E-state index is -3.91. The fourth-order valence-electron chi connectivity index (χ4n) is 2.76.